The number of benzene rings is 1. The van der Waals surface area contributed by atoms with Crippen molar-refractivity contribution in [2.45, 2.75) is 13.8 Å². The Hall–Kier alpha value is -2.28. The average Bonchev–Trinajstić information content (AvgIpc) is 2.30. The van der Waals surface area contributed by atoms with Crippen molar-refractivity contribution in [2.24, 2.45) is 0 Å². The fourth-order valence-electron chi connectivity index (χ4n) is 1.24. The lowest BCUT2D eigenvalue weighted by Gasteiger charge is -2.03. The van der Waals surface area contributed by atoms with Gasteiger partial charge >= 0.3 is 5.97 Å². The number of hydrogen-bond acceptors (Lipinski definition) is 4. The van der Waals surface area contributed by atoms with Crippen LogP contribution in [0.4, 0.5) is 5.69 Å². The van der Waals surface area contributed by atoms with Crippen LogP contribution in [0.25, 0.3) is 0 Å². The van der Waals surface area contributed by atoms with Gasteiger partial charge in [0.1, 0.15) is 6.07 Å². The number of aryl methyl sites for hydroxylation is 1. The molecule has 0 aliphatic carbocycles. The summed E-state index contributed by atoms with van der Waals surface area (Å²) in [5.74, 6) is -0.616. The molecule has 0 unspecified atom stereocenters. The summed E-state index contributed by atoms with van der Waals surface area (Å²) in [5, 5.41) is 11.7. The van der Waals surface area contributed by atoms with Crippen LogP contribution in [0.5, 0.6) is 0 Å². The van der Waals surface area contributed by atoms with Gasteiger partial charge in [0.15, 0.2) is 5.57 Å². The smallest absolute Gasteiger partial charge is 0.350 e. The molecular weight excluding hydrogens is 216 g/mol. The van der Waals surface area contributed by atoms with Gasteiger partial charge in [-0.25, -0.2) is 4.79 Å². The number of ether oxygens (including phenoxy) is 1. The molecule has 4 heteroatoms. The van der Waals surface area contributed by atoms with Crippen molar-refractivity contribution in [1.82, 2.24) is 0 Å². The molecule has 0 aromatic heterocycles. The van der Waals surface area contributed by atoms with Crippen molar-refractivity contribution >= 4 is 11.7 Å². The molecule has 0 saturated heterocycles. The predicted molar refractivity (Wildman–Crippen MR) is 65.1 cm³/mol. The number of nitriles is 1. The minimum Gasteiger partial charge on any atom is -0.462 e. The Labute approximate surface area is 101 Å². The van der Waals surface area contributed by atoms with Gasteiger partial charge in [0.25, 0.3) is 0 Å². The average molecular weight is 230 g/mol. The molecule has 0 spiro atoms. The quantitative estimate of drug-likeness (QED) is 0.490. The van der Waals surface area contributed by atoms with E-state index in [1.54, 1.807) is 13.0 Å². The molecule has 0 atom stereocenters. The molecule has 88 valence electrons. The van der Waals surface area contributed by atoms with Gasteiger partial charge < -0.3 is 10.1 Å². The predicted octanol–water partition coefficient (Wildman–Crippen LogP) is 2.38. The Bertz CT molecular complexity index is 473. The molecule has 0 saturated carbocycles. The second kappa shape index (κ2) is 6.33. The van der Waals surface area contributed by atoms with Gasteiger partial charge in [0.2, 0.25) is 0 Å². The van der Waals surface area contributed by atoms with Crippen LogP contribution < -0.4 is 5.32 Å². The maximum atomic E-state index is 11.3. The molecule has 1 N–H and O–H groups in total. The molecule has 17 heavy (non-hydrogen) atoms. The zero-order valence-corrected chi connectivity index (χ0v) is 9.86. The number of rotatable bonds is 4. The highest BCUT2D eigenvalue weighted by Gasteiger charge is 2.08. The van der Waals surface area contributed by atoms with Crippen molar-refractivity contribution in [3.05, 3.63) is 41.6 Å². The lowest BCUT2D eigenvalue weighted by atomic mass is 10.2. The minimum absolute atomic E-state index is 0.0478. The van der Waals surface area contributed by atoms with Crippen LogP contribution in [0.3, 0.4) is 0 Å². The van der Waals surface area contributed by atoms with Gasteiger partial charge in [0, 0.05) is 11.9 Å². The highest BCUT2D eigenvalue weighted by atomic mass is 16.5. The van der Waals surface area contributed by atoms with Gasteiger partial charge in [-0.15, -0.1) is 0 Å². The van der Waals surface area contributed by atoms with E-state index >= 15 is 0 Å². The summed E-state index contributed by atoms with van der Waals surface area (Å²) in [6.07, 6.45) is 1.35. The highest BCUT2D eigenvalue weighted by Crippen LogP contribution is 2.10. The SMILES string of the molecule is CCOC(=O)/C(C#N)=C/Nc1cccc(C)c1. The first-order valence-corrected chi connectivity index (χ1v) is 5.28. The monoisotopic (exact) mass is 230 g/mol. The van der Waals surface area contributed by atoms with E-state index in [2.05, 4.69) is 5.32 Å². The molecule has 0 aliphatic rings. The van der Waals surface area contributed by atoms with Crippen LogP contribution in [0.1, 0.15) is 12.5 Å². The first kappa shape index (κ1) is 12.8. The normalized spacial score (nSPS) is 10.5. The van der Waals surface area contributed by atoms with E-state index in [1.165, 1.54) is 6.20 Å². The largest absolute Gasteiger partial charge is 0.462 e. The summed E-state index contributed by atoms with van der Waals surface area (Å²) in [7, 11) is 0. The van der Waals surface area contributed by atoms with E-state index in [0.29, 0.717) is 0 Å². The molecular formula is C13H14N2O2. The molecule has 0 radical (unpaired) electrons. The van der Waals surface area contributed by atoms with E-state index in [4.69, 9.17) is 10.00 Å². The third-order valence-corrected chi connectivity index (χ3v) is 2.02. The van der Waals surface area contributed by atoms with E-state index in [0.717, 1.165) is 11.3 Å². The molecule has 0 fully saturated rings. The van der Waals surface area contributed by atoms with E-state index in [9.17, 15) is 4.79 Å². The zero-order valence-electron chi connectivity index (χ0n) is 9.86. The lowest BCUT2D eigenvalue weighted by Crippen LogP contribution is -2.07. The van der Waals surface area contributed by atoms with Gasteiger partial charge in [-0.1, -0.05) is 12.1 Å². The van der Waals surface area contributed by atoms with Crippen LogP contribution in [-0.4, -0.2) is 12.6 Å². The van der Waals surface area contributed by atoms with Gasteiger partial charge in [0.05, 0.1) is 6.61 Å². The Balaban J connectivity index is 2.75. The molecule has 1 aromatic rings. The van der Waals surface area contributed by atoms with Crippen LogP contribution in [0.2, 0.25) is 0 Å². The molecule has 0 amide bonds. The van der Waals surface area contributed by atoms with Crippen LogP contribution >= 0.6 is 0 Å². The van der Waals surface area contributed by atoms with Crippen molar-refractivity contribution in [3.63, 3.8) is 0 Å². The summed E-state index contributed by atoms with van der Waals surface area (Å²) in [6, 6.07) is 9.41. The molecule has 0 bridgehead atoms. The van der Waals surface area contributed by atoms with E-state index in [1.807, 2.05) is 31.2 Å². The van der Waals surface area contributed by atoms with Gasteiger partial charge in [-0.2, -0.15) is 5.26 Å². The third kappa shape index (κ3) is 3.99. The minimum atomic E-state index is -0.616. The maximum Gasteiger partial charge on any atom is 0.350 e. The summed E-state index contributed by atoms with van der Waals surface area (Å²) >= 11 is 0. The summed E-state index contributed by atoms with van der Waals surface area (Å²) < 4.78 is 4.74. The number of carbonyl (C=O) groups excluding carboxylic acids is 1. The van der Waals surface area contributed by atoms with Crippen LogP contribution in [0.15, 0.2) is 36.0 Å². The Morgan fingerprint density at radius 2 is 2.35 bits per heavy atom. The molecule has 0 aliphatic heterocycles. The Morgan fingerprint density at radius 1 is 1.59 bits per heavy atom. The molecule has 4 nitrogen and oxygen atoms in total. The van der Waals surface area contributed by atoms with Crippen molar-refractivity contribution in [3.8, 4) is 6.07 Å². The summed E-state index contributed by atoms with van der Waals surface area (Å²) in [6.45, 7) is 3.91. The number of nitrogens with zero attached hydrogens (tertiary/aromatic N) is 1. The second-order valence-electron chi connectivity index (χ2n) is 3.40. The number of nitrogens with one attached hydrogen (secondary N) is 1. The van der Waals surface area contributed by atoms with Crippen molar-refractivity contribution < 1.29 is 9.53 Å². The summed E-state index contributed by atoms with van der Waals surface area (Å²) in [4.78, 5) is 11.3. The topological polar surface area (TPSA) is 62.1 Å². The Kier molecular flexibility index (Phi) is 4.77. The van der Waals surface area contributed by atoms with Crippen molar-refractivity contribution in [2.75, 3.05) is 11.9 Å². The highest BCUT2D eigenvalue weighted by molar-refractivity contribution is 5.93. The van der Waals surface area contributed by atoms with Crippen LogP contribution in [-0.2, 0) is 9.53 Å². The number of hydrogen-bond donors (Lipinski definition) is 1. The second-order valence-corrected chi connectivity index (χ2v) is 3.40. The zero-order chi connectivity index (χ0) is 12.7. The van der Waals surface area contributed by atoms with Crippen LogP contribution in [0, 0.1) is 18.3 Å². The standard InChI is InChI=1S/C13H14N2O2/c1-3-17-13(16)11(8-14)9-15-12-6-4-5-10(2)7-12/h4-7,9,15H,3H2,1-2H3/b11-9+. The molecule has 1 aromatic carbocycles. The maximum absolute atomic E-state index is 11.3. The first-order chi connectivity index (χ1) is 8.17. The number of anilines is 1. The van der Waals surface area contributed by atoms with E-state index < -0.39 is 5.97 Å². The number of esters is 1. The van der Waals surface area contributed by atoms with Gasteiger partial charge in [-0.3, -0.25) is 0 Å². The van der Waals surface area contributed by atoms with Gasteiger partial charge in [-0.05, 0) is 31.5 Å². The first-order valence-electron chi connectivity index (χ1n) is 5.28. The van der Waals surface area contributed by atoms with Crippen molar-refractivity contribution in [1.29, 1.82) is 5.26 Å². The number of carbonyl (C=O) groups is 1. The summed E-state index contributed by atoms with van der Waals surface area (Å²) in [5.41, 5.74) is 1.87. The third-order valence-electron chi connectivity index (χ3n) is 2.02. The van der Waals surface area contributed by atoms with E-state index in [-0.39, 0.29) is 12.2 Å². The lowest BCUT2D eigenvalue weighted by molar-refractivity contribution is -0.138. The Morgan fingerprint density at radius 3 is 2.94 bits per heavy atom. The molecule has 1 rings (SSSR count). The fourth-order valence-corrected chi connectivity index (χ4v) is 1.24. The fraction of sp³-hybridized carbons (Fsp3) is 0.231. The molecule has 0 heterocycles.